The molecule has 0 aliphatic heterocycles. The van der Waals surface area contributed by atoms with Crippen molar-refractivity contribution in [1.29, 1.82) is 0 Å². The molecule has 0 N–H and O–H groups in total. The van der Waals surface area contributed by atoms with Crippen molar-refractivity contribution < 1.29 is 14.3 Å². The van der Waals surface area contributed by atoms with Crippen molar-refractivity contribution in [2.45, 2.75) is 12.8 Å². The molecule has 0 aliphatic carbocycles. The molecule has 0 saturated heterocycles. The maximum Gasteiger partial charge on any atom is 0.223 e. The van der Waals surface area contributed by atoms with Crippen LogP contribution in [0.25, 0.3) is 0 Å². The molecule has 0 atom stereocenters. The molecular weight excluding hydrogens is 266 g/mol. The van der Waals surface area contributed by atoms with Crippen molar-refractivity contribution in [2.24, 2.45) is 0 Å². The van der Waals surface area contributed by atoms with Crippen LogP contribution in [0.15, 0.2) is 49.6 Å². The fraction of sp³-hybridized carbons (Fsp3) is 0.353. The Hall–Kier alpha value is -2.23. The quantitative estimate of drug-likeness (QED) is 0.491. The number of rotatable bonds is 10. The molecule has 1 rings (SSSR count). The normalized spacial score (nSPS) is 9.76. The highest BCUT2D eigenvalue weighted by Crippen LogP contribution is 2.17. The number of carbonyl (C=O) groups is 1. The summed E-state index contributed by atoms with van der Waals surface area (Å²) < 4.78 is 10.7. The first-order valence-electron chi connectivity index (χ1n) is 6.97. The van der Waals surface area contributed by atoms with E-state index in [4.69, 9.17) is 9.47 Å². The third kappa shape index (κ3) is 6.17. The van der Waals surface area contributed by atoms with Gasteiger partial charge in [-0.15, -0.1) is 13.2 Å². The lowest BCUT2D eigenvalue weighted by molar-refractivity contribution is -0.130. The Kier molecular flexibility index (Phi) is 7.72. The molecule has 0 spiro atoms. The standard InChI is InChI=1S/C17H23NO3/c1-4-12-18(13-5-2)17(19)7-6-14-21-16-10-8-15(20-3)9-11-16/h4-5,8-11H,1-2,6-7,12-14H2,3H3. The van der Waals surface area contributed by atoms with Crippen LogP contribution in [0.4, 0.5) is 0 Å². The van der Waals surface area contributed by atoms with Gasteiger partial charge in [-0.05, 0) is 30.7 Å². The van der Waals surface area contributed by atoms with Crippen LogP contribution in [-0.2, 0) is 4.79 Å². The summed E-state index contributed by atoms with van der Waals surface area (Å²) in [7, 11) is 1.62. The molecule has 0 fully saturated rings. The summed E-state index contributed by atoms with van der Waals surface area (Å²) in [5.74, 6) is 1.66. The van der Waals surface area contributed by atoms with Crippen molar-refractivity contribution in [3.05, 3.63) is 49.6 Å². The minimum atomic E-state index is 0.0909. The van der Waals surface area contributed by atoms with E-state index in [1.54, 1.807) is 24.2 Å². The molecule has 21 heavy (non-hydrogen) atoms. The third-order valence-corrected chi connectivity index (χ3v) is 2.91. The van der Waals surface area contributed by atoms with Crippen molar-refractivity contribution in [3.8, 4) is 11.5 Å². The molecule has 0 aromatic heterocycles. The van der Waals surface area contributed by atoms with E-state index in [0.717, 1.165) is 11.5 Å². The molecule has 4 heteroatoms. The third-order valence-electron chi connectivity index (χ3n) is 2.91. The lowest BCUT2D eigenvalue weighted by Gasteiger charge is -2.19. The van der Waals surface area contributed by atoms with Crippen LogP contribution in [0.1, 0.15) is 12.8 Å². The summed E-state index contributed by atoms with van der Waals surface area (Å²) in [6.07, 6.45) is 4.57. The van der Waals surface area contributed by atoms with E-state index in [2.05, 4.69) is 13.2 Å². The van der Waals surface area contributed by atoms with Crippen LogP contribution in [-0.4, -0.2) is 37.6 Å². The van der Waals surface area contributed by atoms with E-state index < -0.39 is 0 Å². The van der Waals surface area contributed by atoms with Gasteiger partial charge in [-0.25, -0.2) is 0 Å². The first-order valence-corrected chi connectivity index (χ1v) is 6.97. The van der Waals surface area contributed by atoms with Crippen LogP contribution in [0.3, 0.4) is 0 Å². The minimum Gasteiger partial charge on any atom is -0.497 e. The zero-order valence-electron chi connectivity index (χ0n) is 12.6. The first-order chi connectivity index (χ1) is 10.2. The maximum absolute atomic E-state index is 12.0. The maximum atomic E-state index is 12.0. The van der Waals surface area contributed by atoms with Crippen LogP contribution < -0.4 is 9.47 Å². The van der Waals surface area contributed by atoms with Crippen LogP contribution in [0, 0.1) is 0 Å². The minimum absolute atomic E-state index is 0.0909. The van der Waals surface area contributed by atoms with Gasteiger partial charge in [-0.2, -0.15) is 0 Å². The van der Waals surface area contributed by atoms with Crippen LogP contribution in [0.2, 0.25) is 0 Å². The Bertz CT molecular complexity index is 444. The highest BCUT2D eigenvalue weighted by molar-refractivity contribution is 5.76. The fourth-order valence-corrected chi connectivity index (χ4v) is 1.83. The van der Waals surface area contributed by atoms with Gasteiger partial charge in [-0.3, -0.25) is 4.79 Å². The Balaban J connectivity index is 2.29. The Morgan fingerprint density at radius 2 is 1.71 bits per heavy atom. The number of hydrogen-bond acceptors (Lipinski definition) is 3. The largest absolute Gasteiger partial charge is 0.497 e. The number of hydrogen-bond donors (Lipinski definition) is 0. The van der Waals surface area contributed by atoms with Gasteiger partial charge in [0.05, 0.1) is 13.7 Å². The topological polar surface area (TPSA) is 38.8 Å². The van der Waals surface area contributed by atoms with Gasteiger partial charge in [0.2, 0.25) is 5.91 Å². The van der Waals surface area contributed by atoms with Gasteiger partial charge in [-0.1, -0.05) is 12.2 Å². The molecule has 0 aliphatic rings. The second kappa shape index (κ2) is 9.64. The van der Waals surface area contributed by atoms with E-state index in [1.807, 2.05) is 24.3 Å². The number of nitrogens with zero attached hydrogens (tertiary/aromatic N) is 1. The monoisotopic (exact) mass is 289 g/mol. The van der Waals surface area contributed by atoms with Crippen LogP contribution in [0.5, 0.6) is 11.5 Å². The molecule has 1 aromatic rings. The van der Waals surface area contributed by atoms with Gasteiger partial charge in [0.25, 0.3) is 0 Å². The molecule has 0 bridgehead atoms. The highest BCUT2D eigenvalue weighted by atomic mass is 16.5. The number of ether oxygens (including phenoxy) is 2. The molecule has 1 aromatic carbocycles. The molecular formula is C17H23NO3. The predicted molar refractivity (Wildman–Crippen MR) is 84.7 cm³/mol. The average molecular weight is 289 g/mol. The zero-order valence-corrected chi connectivity index (χ0v) is 12.6. The lowest BCUT2D eigenvalue weighted by Crippen LogP contribution is -2.31. The number of benzene rings is 1. The number of methoxy groups -OCH3 is 1. The molecule has 0 unspecified atom stereocenters. The molecule has 0 radical (unpaired) electrons. The Morgan fingerprint density at radius 3 is 2.24 bits per heavy atom. The lowest BCUT2D eigenvalue weighted by atomic mass is 10.2. The van der Waals surface area contributed by atoms with E-state index in [-0.39, 0.29) is 5.91 Å². The second-order valence-corrected chi connectivity index (χ2v) is 4.50. The average Bonchev–Trinajstić information content (AvgIpc) is 2.51. The molecule has 114 valence electrons. The van der Waals surface area contributed by atoms with E-state index in [0.29, 0.717) is 32.5 Å². The summed E-state index contributed by atoms with van der Waals surface area (Å²) in [4.78, 5) is 13.7. The van der Waals surface area contributed by atoms with E-state index in [9.17, 15) is 4.79 Å². The van der Waals surface area contributed by atoms with Crippen molar-refractivity contribution in [1.82, 2.24) is 4.90 Å². The van der Waals surface area contributed by atoms with Gasteiger partial charge < -0.3 is 14.4 Å². The summed E-state index contributed by atoms with van der Waals surface area (Å²) in [6, 6.07) is 7.39. The van der Waals surface area contributed by atoms with Crippen molar-refractivity contribution >= 4 is 5.91 Å². The fourth-order valence-electron chi connectivity index (χ4n) is 1.83. The van der Waals surface area contributed by atoms with Gasteiger partial charge in [0.1, 0.15) is 11.5 Å². The molecule has 1 amide bonds. The molecule has 0 heterocycles. The summed E-state index contributed by atoms with van der Waals surface area (Å²) >= 11 is 0. The van der Waals surface area contributed by atoms with E-state index >= 15 is 0 Å². The Morgan fingerprint density at radius 1 is 1.14 bits per heavy atom. The number of carbonyl (C=O) groups excluding carboxylic acids is 1. The second-order valence-electron chi connectivity index (χ2n) is 4.50. The summed E-state index contributed by atoms with van der Waals surface area (Å²) in [5.41, 5.74) is 0. The van der Waals surface area contributed by atoms with Crippen LogP contribution >= 0.6 is 0 Å². The number of amides is 1. The van der Waals surface area contributed by atoms with Gasteiger partial charge in [0, 0.05) is 19.5 Å². The predicted octanol–water partition coefficient (Wildman–Crippen LogP) is 3.05. The first kappa shape index (κ1) is 16.8. The SMILES string of the molecule is C=CCN(CC=C)C(=O)CCCOc1ccc(OC)cc1. The molecule has 4 nitrogen and oxygen atoms in total. The van der Waals surface area contributed by atoms with Crippen molar-refractivity contribution in [3.63, 3.8) is 0 Å². The molecule has 0 saturated carbocycles. The smallest absolute Gasteiger partial charge is 0.223 e. The van der Waals surface area contributed by atoms with Crippen molar-refractivity contribution in [2.75, 3.05) is 26.8 Å². The summed E-state index contributed by atoms with van der Waals surface area (Å²) in [6.45, 7) is 8.90. The summed E-state index contributed by atoms with van der Waals surface area (Å²) in [5, 5.41) is 0. The Labute approximate surface area is 126 Å². The zero-order chi connectivity index (χ0) is 15.5. The highest BCUT2D eigenvalue weighted by Gasteiger charge is 2.09. The van der Waals surface area contributed by atoms with Gasteiger partial charge in [0.15, 0.2) is 0 Å². The van der Waals surface area contributed by atoms with Gasteiger partial charge >= 0.3 is 0 Å². The van der Waals surface area contributed by atoms with E-state index in [1.165, 1.54) is 0 Å².